The van der Waals surface area contributed by atoms with Crippen LogP contribution in [0, 0.1) is 10.1 Å². The molecule has 0 aromatic heterocycles. The molecule has 84 valence electrons. The van der Waals surface area contributed by atoms with E-state index in [1.807, 2.05) is 0 Å². The number of nitro benzene ring substituents is 1. The maximum atomic E-state index is 10.8. The molecule has 0 unspecified atom stereocenters. The van der Waals surface area contributed by atoms with Gasteiger partial charge in [-0.2, -0.15) is 5.10 Å². The van der Waals surface area contributed by atoms with Gasteiger partial charge in [0.1, 0.15) is 5.71 Å². The zero-order valence-corrected chi connectivity index (χ0v) is 9.89. The third-order valence-corrected chi connectivity index (χ3v) is 2.29. The van der Waals surface area contributed by atoms with E-state index in [4.69, 9.17) is 0 Å². The molecule has 0 aliphatic carbocycles. The minimum absolute atomic E-state index is 0.00261. The Labute approximate surface area is 99.6 Å². The van der Waals surface area contributed by atoms with Crippen LogP contribution in [0.15, 0.2) is 29.4 Å². The van der Waals surface area contributed by atoms with E-state index in [-0.39, 0.29) is 16.1 Å². The van der Waals surface area contributed by atoms with Crippen molar-refractivity contribution in [2.75, 3.05) is 5.43 Å². The van der Waals surface area contributed by atoms with E-state index in [0.717, 1.165) is 0 Å². The van der Waals surface area contributed by atoms with Gasteiger partial charge in [-0.3, -0.25) is 20.3 Å². The number of nitrogens with zero attached hydrogens (tertiary/aromatic N) is 2. The number of hydrazone groups is 1. The molecule has 7 heteroatoms. The minimum Gasteiger partial charge on any atom is -0.280 e. The van der Waals surface area contributed by atoms with Crippen molar-refractivity contribution in [1.82, 2.24) is 0 Å². The molecule has 1 aromatic carbocycles. The van der Waals surface area contributed by atoms with E-state index in [9.17, 15) is 14.9 Å². The maximum Gasteiger partial charge on any atom is 0.269 e. The molecular weight excluding hydrogens is 278 g/mol. The van der Waals surface area contributed by atoms with E-state index in [0.29, 0.717) is 5.69 Å². The van der Waals surface area contributed by atoms with Gasteiger partial charge in [-0.15, -0.1) is 0 Å². The first-order valence-electron chi connectivity index (χ1n) is 4.25. The number of non-ortho nitro benzene ring substituents is 1. The number of anilines is 1. The van der Waals surface area contributed by atoms with Gasteiger partial charge >= 0.3 is 0 Å². The van der Waals surface area contributed by atoms with Crippen LogP contribution in [-0.2, 0) is 4.79 Å². The molecule has 6 nitrogen and oxygen atoms in total. The van der Waals surface area contributed by atoms with Crippen LogP contribution >= 0.6 is 15.9 Å². The largest absolute Gasteiger partial charge is 0.280 e. The number of rotatable bonds is 4. The highest BCUT2D eigenvalue weighted by Gasteiger charge is 2.03. The van der Waals surface area contributed by atoms with Gasteiger partial charge in [-0.25, -0.2) is 0 Å². The summed E-state index contributed by atoms with van der Waals surface area (Å²) in [6.07, 6.45) is 0. The lowest BCUT2D eigenvalue weighted by molar-refractivity contribution is -0.384. The molecule has 0 fully saturated rings. The zero-order valence-electron chi connectivity index (χ0n) is 8.31. The van der Waals surface area contributed by atoms with Gasteiger partial charge in [0, 0.05) is 12.1 Å². The van der Waals surface area contributed by atoms with Crippen molar-refractivity contribution < 1.29 is 9.72 Å². The summed E-state index contributed by atoms with van der Waals surface area (Å²) >= 11 is 2.75. The highest BCUT2D eigenvalue weighted by molar-refractivity contribution is 9.19. The lowest BCUT2D eigenvalue weighted by Gasteiger charge is -2.00. The lowest BCUT2D eigenvalue weighted by Crippen LogP contribution is -2.04. The molecule has 0 spiro atoms. The monoisotopic (exact) mass is 285 g/mol. The molecule has 1 rings (SSSR count). The number of nitrogens with one attached hydrogen (secondary N) is 1. The average Bonchev–Trinajstić information content (AvgIpc) is 2.26. The summed E-state index contributed by atoms with van der Waals surface area (Å²) in [7, 11) is 0. The summed E-state index contributed by atoms with van der Waals surface area (Å²) in [5, 5.41) is 14.1. The highest BCUT2D eigenvalue weighted by atomic mass is 79.9. The number of hydrogen-bond donors (Lipinski definition) is 1. The predicted octanol–water partition coefficient (Wildman–Crippen LogP) is 2.30. The van der Waals surface area contributed by atoms with Crippen LogP contribution in [0.3, 0.4) is 0 Å². The first kappa shape index (κ1) is 12.3. The van der Waals surface area contributed by atoms with E-state index in [1.165, 1.54) is 31.2 Å². The number of carbonyl (C=O) groups is 1. The van der Waals surface area contributed by atoms with Crippen LogP contribution in [0.1, 0.15) is 6.92 Å². The third-order valence-electron chi connectivity index (χ3n) is 1.72. The predicted molar refractivity (Wildman–Crippen MR) is 63.8 cm³/mol. The molecular formula is C9H8BrN3O3. The smallest absolute Gasteiger partial charge is 0.269 e. The minimum atomic E-state index is -0.486. The molecule has 0 amide bonds. The Morgan fingerprint density at radius 2 is 2.00 bits per heavy atom. The van der Waals surface area contributed by atoms with Gasteiger partial charge in [-0.05, 0) is 35.0 Å². The summed E-state index contributed by atoms with van der Waals surface area (Å²) in [6.45, 7) is 1.54. The normalized spacial score (nSPS) is 11.0. The molecule has 0 atom stereocenters. The number of carbonyl (C=O) groups excluding carboxylic acids is 1. The van der Waals surface area contributed by atoms with Crippen molar-refractivity contribution in [2.45, 2.75) is 6.92 Å². The number of hydrogen-bond acceptors (Lipinski definition) is 5. The number of nitro groups is 1. The SMILES string of the molecule is CC(=NNc1ccc([N+](=O)[O-])cc1)C(=O)Br. The van der Waals surface area contributed by atoms with Gasteiger partial charge < -0.3 is 0 Å². The molecule has 0 bridgehead atoms. The average molecular weight is 286 g/mol. The quantitative estimate of drug-likeness (QED) is 0.398. The molecule has 0 heterocycles. The summed E-state index contributed by atoms with van der Waals surface area (Å²) in [6, 6.07) is 5.72. The van der Waals surface area contributed by atoms with Crippen LogP contribution < -0.4 is 5.43 Å². The first-order valence-corrected chi connectivity index (χ1v) is 5.04. The molecule has 0 saturated heterocycles. The van der Waals surface area contributed by atoms with Gasteiger partial charge in [0.25, 0.3) is 5.69 Å². The van der Waals surface area contributed by atoms with Gasteiger partial charge in [0.2, 0.25) is 4.69 Å². The molecule has 0 saturated carbocycles. The molecule has 0 aliphatic heterocycles. The molecule has 0 radical (unpaired) electrons. The molecule has 16 heavy (non-hydrogen) atoms. The summed E-state index contributed by atoms with van der Waals surface area (Å²) in [5.74, 6) is 0. The summed E-state index contributed by atoms with van der Waals surface area (Å²) < 4.78 is -0.318. The topological polar surface area (TPSA) is 84.6 Å². The van der Waals surface area contributed by atoms with E-state index >= 15 is 0 Å². The lowest BCUT2D eigenvalue weighted by atomic mass is 10.3. The van der Waals surface area contributed by atoms with Gasteiger partial charge in [0.05, 0.1) is 10.6 Å². The maximum absolute atomic E-state index is 10.8. The fourth-order valence-electron chi connectivity index (χ4n) is 0.850. The van der Waals surface area contributed by atoms with Crippen molar-refractivity contribution in [1.29, 1.82) is 0 Å². The van der Waals surface area contributed by atoms with Crippen molar-refractivity contribution in [2.24, 2.45) is 5.10 Å². The van der Waals surface area contributed by atoms with Gasteiger partial charge in [-0.1, -0.05) is 0 Å². The highest BCUT2D eigenvalue weighted by Crippen LogP contribution is 2.15. The van der Waals surface area contributed by atoms with Crippen molar-refractivity contribution >= 4 is 37.7 Å². The number of halogens is 1. The Morgan fingerprint density at radius 3 is 2.44 bits per heavy atom. The van der Waals surface area contributed by atoms with E-state index < -0.39 is 4.92 Å². The Morgan fingerprint density at radius 1 is 1.44 bits per heavy atom. The second kappa shape index (κ2) is 5.36. The molecule has 0 aliphatic rings. The fourth-order valence-corrected chi connectivity index (χ4v) is 0.939. The molecule has 1 N–H and O–H groups in total. The standard InChI is InChI=1S/C9H8BrN3O3/c1-6(9(10)14)11-12-7-2-4-8(5-3-7)13(15)16/h2-5,12H,1H3. The van der Waals surface area contributed by atoms with Crippen molar-refractivity contribution in [3.8, 4) is 0 Å². The Hall–Kier alpha value is -1.76. The Bertz CT molecular complexity index is 442. The van der Waals surface area contributed by atoms with Crippen molar-refractivity contribution in [3.63, 3.8) is 0 Å². The van der Waals surface area contributed by atoms with Crippen LogP contribution in [0.5, 0.6) is 0 Å². The van der Waals surface area contributed by atoms with Crippen LogP contribution in [0.4, 0.5) is 11.4 Å². The third kappa shape index (κ3) is 3.43. The summed E-state index contributed by atoms with van der Waals surface area (Å²) in [5.41, 5.74) is 3.44. The fraction of sp³-hybridized carbons (Fsp3) is 0.111. The van der Waals surface area contributed by atoms with Crippen LogP contribution in [-0.4, -0.2) is 15.3 Å². The second-order valence-electron chi connectivity index (χ2n) is 2.89. The zero-order chi connectivity index (χ0) is 12.1. The second-order valence-corrected chi connectivity index (χ2v) is 3.61. The van der Waals surface area contributed by atoms with Gasteiger partial charge in [0.15, 0.2) is 0 Å². The molecule has 1 aromatic rings. The first-order chi connectivity index (χ1) is 7.50. The van der Waals surface area contributed by atoms with Crippen LogP contribution in [0.2, 0.25) is 0 Å². The Kier molecular flexibility index (Phi) is 4.12. The van der Waals surface area contributed by atoms with Crippen LogP contribution in [0.25, 0.3) is 0 Å². The summed E-state index contributed by atoms with van der Waals surface area (Å²) in [4.78, 5) is 20.7. The Balaban J connectivity index is 2.73. The van der Waals surface area contributed by atoms with E-state index in [1.54, 1.807) is 0 Å². The number of benzene rings is 1. The van der Waals surface area contributed by atoms with E-state index in [2.05, 4.69) is 26.5 Å². The van der Waals surface area contributed by atoms with Crippen molar-refractivity contribution in [3.05, 3.63) is 34.4 Å².